The van der Waals surface area contributed by atoms with Gasteiger partial charge < -0.3 is 10.4 Å². The molecule has 0 aromatic carbocycles. The summed E-state index contributed by atoms with van der Waals surface area (Å²) < 4.78 is 0.611. The van der Waals surface area contributed by atoms with Gasteiger partial charge in [-0.3, -0.25) is 0 Å². The second-order valence-electron chi connectivity index (χ2n) is 1.70. The first-order chi connectivity index (χ1) is 4.84. The maximum absolute atomic E-state index is 10.7. The third-order valence-electron chi connectivity index (χ3n) is 1.04. The standard InChI is InChI=1S/C6H6N2O2/c9-7-5-6-3-1-2-4-8(6)10/h1-5,9H. The number of aromatic nitrogens is 1. The van der Waals surface area contributed by atoms with Crippen molar-refractivity contribution in [1.82, 2.24) is 0 Å². The topological polar surface area (TPSA) is 59.5 Å². The van der Waals surface area contributed by atoms with E-state index in [2.05, 4.69) is 5.16 Å². The van der Waals surface area contributed by atoms with Gasteiger partial charge in [0.15, 0.2) is 6.20 Å². The van der Waals surface area contributed by atoms with Crippen molar-refractivity contribution in [3.05, 3.63) is 35.3 Å². The Labute approximate surface area is 57.6 Å². The first kappa shape index (κ1) is 6.54. The molecule has 0 fully saturated rings. The molecule has 0 radical (unpaired) electrons. The largest absolute Gasteiger partial charge is 0.618 e. The van der Waals surface area contributed by atoms with Gasteiger partial charge in [-0.15, -0.1) is 0 Å². The lowest BCUT2D eigenvalue weighted by Crippen LogP contribution is -2.30. The van der Waals surface area contributed by atoms with E-state index >= 15 is 0 Å². The van der Waals surface area contributed by atoms with Crippen molar-refractivity contribution in [2.45, 2.75) is 0 Å². The van der Waals surface area contributed by atoms with Crippen molar-refractivity contribution in [2.24, 2.45) is 5.16 Å². The van der Waals surface area contributed by atoms with Gasteiger partial charge in [0.2, 0.25) is 5.69 Å². The summed E-state index contributed by atoms with van der Waals surface area (Å²) in [6.45, 7) is 0. The summed E-state index contributed by atoms with van der Waals surface area (Å²) in [6.07, 6.45) is 2.41. The summed E-state index contributed by atoms with van der Waals surface area (Å²) in [7, 11) is 0. The zero-order valence-corrected chi connectivity index (χ0v) is 5.14. The molecule has 10 heavy (non-hydrogen) atoms. The van der Waals surface area contributed by atoms with Gasteiger partial charge in [-0.05, 0) is 6.07 Å². The van der Waals surface area contributed by atoms with E-state index in [1.54, 1.807) is 18.2 Å². The predicted molar refractivity (Wildman–Crippen MR) is 34.8 cm³/mol. The average molecular weight is 138 g/mol. The van der Waals surface area contributed by atoms with Crippen LogP contribution < -0.4 is 4.73 Å². The minimum Gasteiger partial charge on any atom is -0.618 e. The predicted octanol–water partition coefficient (Wildman–Crippen LogP) is 0.128. The van der Waals surface area contributed by atoms with Crippen LogP contribution in [0.15, 0.2) is 29.6 Å². The molecular formula is C6H6N2O2. The van der Waals surface area contributed by atoms with Crippen LogP contribution in [0, 0.1) is 5.21 Å². The summed E-state index contributed by atoms with van der Waals surface area (Å²) in [5.74, 6) is 0. The lowest BCUT2D eigenvalue weighted by Gasteiger charge is -1.95. The van der Waals surface area contributed by atoms with E-state index in [9.17, 15) is 5.21 Å². The van der Waals surface area contributed by atoms with E-state index in [1.807, 2.05) is 0 Å². The fraction of sp³-hybridized carbons (Fsp3) is 0. The molecule has 0 saturated heterocycles. The van der Waals surface area contributed by atoms with Gasteiger partial charge in [-0.2, -0.15) is 4.73 Å². The first-order valence-corrected chi connectivity index (χ1v) is 2.70. The molecule has 0 aliphatic carbocycles. The van der Waals surface area contributed by atoms with Crippen LogP contribution >= 0.6 is 0 Å². The fourth-order valence-corrected chi connectivity index (χ4v) is 0.601. The molecule has 0 atom stereocenters. The molecule has 0 amide bonds. The maximum Gasteiger partial charge on any atom is 0.238 e. The number of oxime groups is 1. The minimum atomic E-state index is 0.310. The lowest BCUT2D eigenvalue weighted by molar-refractivity contribution is -0.606. The van der Waals surface area contributed by atoms with Gasteiger partial charge in [0.05, 0.1) is 0 Å². The highest BCUT2D eigenvalue weighted by atomic mass is 16.5. The Bertz CT molecular complexity index is 247. The van der Waals surface area contributed by atoms with Crippen molar-refractivity contribution in [1.29, 1.82) is 0 Å². The molecule has 52 valence electrons. The third-order valence-corrected chi connectivity index (χ3v) is 1.04. The van der Waals surface area contributed by atoms with Crippen LogP contribution in [0.1, 0.15) is 5.69 Å². The average Bonchev–Trinajstić information content (AvgIpc) is 1.94. The zero-order chi connectivity index (χ0) is 7.40. The highest BCUT2D eigenvalue weighted by molar-refractivity contribution is 5.74. The molecule has 0 aliphatic heterocycles. The zero-order valence-electron chi connectivity index (χ0n) is 5.14. The second kappa shape index (κ2) is 2.82. The summed E-state index contributed by atoms with van der Waals surface area (Å²) in [5.41, 5.74) is 0.310. The lowest BCUT2D eigenvalue weighted by atomic mass is 10.4. The van der Waals surface area contributed by atoms with Crippen molar-refractivity contribution in [2.75, 3.05) is 0 Å². The molecule has 1 heterocycles. The van der Waals surface area contributed by atoms with E-state index in [0.29, 0.717) is 10.4 Å². The van der Waals surface area contributed by atoms with E-state index in [1.165, 1.54) is 6.20 Å². The monoisotopic (exact) mass is 138 g/mol. The molecule has 4 nitrogen and oxygen atoms in total. The summed E-state index contributed by atoms with van der Waals surface area (Å²) in [4.78, 5) is 0. The van der Waals surface area contributed by atoms with Gasteiger partial charge in [0.1, 0.15) is 6.21 Å². The van der Waals surface area contributed by atoms with Gasteiger partial charge in [-0.1, -0.05) is 5.16 Å². The Kier molecular flexibility index (Phi) is 1.84. The summed E-state index contributed by atoms with van der Waals surface area (Å²) in [5, 5.41) is 21.5. The molecule has 1 N–H and O–H groups in total. The van der Waals surface area contributed by atoms with Gasteiger partial charge in [0, 0.05) is 12.1 Å². The molecule has 1 aromatic rings. The summed E-state index contributed by atoms with van der Waals surface area (Å²) in [6, 6.07) is 4.83. The van der Waals surface area contributed by atoms with Crippen LogP contribution in [0.4, 0.5) is 0 Å². The van der Waals surface area contributed by atoms with Gasteiger partial charge in [-0.25, -0.2) is 0 Å². The SMILES string of the molecule is [O-][n+]1ccccc1C=NO. The van der Waals surface area contributed by atoms with E-state index < -0.39 is 0 Å². The number of hydrogen-bond acceptors (Lipinski definition) is 3. The fourth-order valence-electron chi connectivity index (χ4n) is 0.601. The number of rotatable bonds is 1. The van der Waals surface area contributed by atoms with Crippen LogP contribution in [0.2, 0.25) is 0 Å². The van der Waals surface area contributed by atoms with Crippen molar-refractivity contribution < 1.29 is 9.94 Å². The number of nitrogens with zero attached hydrogens (tertiary/aromatic N) is 2. The molecule has 1 aromatic heterocycles. The molecule has 4 heteroatoms. The Hall–Kier alpha value is -1.58. The van der Waals surface area contributed by atoms with Crippen molar-refractivity contribution in [3.8, 4) is 0 Å². The van der Waals surface area contributed by atoms with Crippen LogP contribution in [0.25, 0.3) is 0 Å². The van der Waals surface area contributed by atoms with Crippen molar-refractivity contribution in [3.63, 3.8) is 0 Å². The molecular weight excluding hydrogens is 132 g/mol. The molecule has 0 bridgehead atoms. The molecule has 0 spiro atoms. The van der Waals surface area contributed by atoms with E-state index in [4.69, 9.17) is 5.21 Å². The number of hydrogen-bond donors (Lipinski definition) is 1. The molecule has 1 rings (SSSR count). The van der Waals surface area contributed by atoms with Crippen molar-refractivity contribution >= 4 is 6.21 Å². The Balaban J connectivity index is 3.03. The highest BCUT2D eigenvalue weighted by Crippen LogP contribution is 1.84. The molecule has 0 aliphatic rings. The Morgan fingerprint density at radius 3 is 3.00 bits per heavy atom. The summed E-state index contributed by atoms with van der Waals surface area (Å²) >= 11 is 0. The minimum absolute atomic E-state index is 0.310. The van der Waals surface area contributed by atoms with Crippen LogP contribution in [-0.2, 0) is 0 Å². The Morgan fingerprint density at radius 2 is 2.40 bits per heavy atom. The molecule has 0 unspecified atom stereocenters. The normalized spacial score (nSPS) is 10.4. The van der Waals surface area contributed by atoms with Crippen LogP contribution in [0.3, 0.4) is 0 Å². The van der Waals surface area contributed by atoms with Gasteiger partial charge in [0.25, 0.3) is 0 Å². The maximum atomic E-state index is 10.7. The highest BCUT2D eigenvalue weighted by Gasteiger charge is 1.96. The van der Waals surface area contributed by atoms with Gasteiger partial charge >= 0.3 is 0 Å². The smallest absolute Gasteiger partial charge is 0.238 e. The van der Waals surface area contributed by atoms with Crippen LogP contribution in [-0.4, -0.2) is 11.4 Å². The van der Waals surface area contributed by atoms with Crippen LogP contribution in [0.5, 0.6) is 0 Å². The van der Waals surface area contributed by atoms with E-state index in [0.717, 1.165) is 6.21 Å². The third kappa shape index (κ3) is 1.22. The quantitative estimate of drug-likeness (QED) is 0.197. The molecule has 0 saturated carbocycles. The first-order valence-electron chi connectivity index (χ1n) is 2.70. The number of pyridine rings is 1. The van der Waals surface area contributed by atoms with E-state index in [-0.39, 0.29) is 0 Å². The Morgan fingerprint density at radius 1 is 1.60 bits per heavy atom. The second-order valence-corrected chi connectivity index (χ2v) is 1.70.